The molecule has 1 aromatic carbocycles. The molecule has 0 aliphatic heterocycles. The number of hydrogen-bond acceptors (Lipinski definition) is 3. The second kappa shape index (κ2) is 4.35. The van der Waals surface area contributed by atoms with Gasteiger partial charge >= 0.3 is 5.97 Å². The molecule has 0 radical (unpaired) electrons. The number of aromatic carboxylic acids is 1. The van der Waals surface area contributed by atoms with Gasteiger partial charge in [-0.05, 0) is 18.2 Å². The zero-order valence-electron chi connectivity index (χ0n) is 8.41. The van der Waals surface area contributed by atoms with Gasteiger partial charge in [0.2, 0.25) is 0 Å². The number of hydrogen-bond donors (Lipinski definition) is 2. The molecule has 0 aliphatic rings. The quantitative estimate of drug-likeness (QED) is 0.879. The lowest BCUT2D eigenvalue weighted by molar-refractivity contribution is 0.0699. The fourth-order valence-corrected chi connectivity index (χ4v) is 2.47. The van der Waals surface area contributed by atoms with Gasteiger partial charge in [0.05, 0.1) is 0 Å². The first-order valence-electron chi connectivity index (χ1n) is 4.56. The van der Waals surface area contributed by atoms with Crippen molar-refractivity contribution in [2.24, 2.45) is 0 Å². The molecule has 0 amide bonds. The average molecular weight is 272 g/mol. The van der Waals surface area contributed by atoms with Crippen LogP contribution in [0, 0.1) is 5.82 Å². The van der Waals surface area contributed by atoms with Gasteiger partial charge in [0.25, 0.3) is 0 Å². The summed E-state index contributed by atoms with van der Waals surface area (Å²) < 4.78 is 13.6. The van der Waals surface area contributed by atoms with Crippen LogP contribution in [0.1, 0.15) is 10.4 Å². The van der Waals surface area contributed by atoms with Crippen LogP contribution in [0.2, 0.25) is 5.02 Å². The van der Waals surface area contributed by atoms with E-state index >= 15 is 0 Å². The minimum absolute atomic E-state index is 0.0869. The summed E-state index contributed by atoms with van der Waals surface area (Å²) in [5.74, 6) is -1.71. The van der Waals surface area contributed by atoms with Crippen LogP contribution < -0.4 is 5.73 Å². The molecule has 2 rings (SSSR count). The van der Waals surface area contributed by atoms with Gasteiger partial charge in [-0.2, -0.15) is 0 Å². The Hall–Kier alpha value is -1.59. The summed E-state index contributed by atoms with van der Waals surface area (Å²) in [5.41, 5.74) is 5.85. The molecule has 0 saturated carbocycles. The van der Waals surface area contributed by atoms with Crippen molar-refractivity contribution in [1.82, 2.24) is 0 Å². The predicted molar refractivity (Wildman–Crippen MR) is 66.1 cm³/mol. The normalized spacial score (nSPS) is 10.5. The van der Waals surface area contributed by atoms with E-state index in [0.29, 0.717) is 5.02 Å². The molecule has 3 N–H and O–H groups in total. The van der Waals surface area contributed by atoms with Gasteiger partial charge in [-0.15, -0.1) is 11.3 Å². The fourth-order valence-electron chi connectivity index (χ4n) is 1.50. The maximum atomic E-state index is 13.6. The van der Waals surface area contributed by atoms with Gasteiger partial charge in [-0.3, -0.25) is 0 Å². The number of carboxylic acids is 1. The van der Waals surface area contributed by atoms with Crippen LogP contribution in [-0.4, -0.2) is 11.1 Å². The van der Waals surface area contributed by atoms with Crippen molar-refractivity contribution in [2.75, 3.05) is 5.73 Å². The number of carboxylic acid groups (broad SMARTS) is 1. The monoisotopic (exact) mass is 271 g/mol. The van der Waals surface area contributed by atoms with Crippen LogP contribution in [0.3, 0.4) is 0 Å². The second-order valence-electron chi connectivity index (χ2n) is 3.32. The fraction of sp³-hybridized carbons (Fsp3) is 0. The molecule has 1 aromatic heterocycles. The van der Waals surface area contributed by atoms with Crippen LogP contribution in [0.25, 0.3) is 11.1 Å². The van der Waals surface area contributed by atoms with Gasteiger partial charge < -0.3 is 10.8 Å². The van der Waals surface area contributed by atoms with Gasteiger partial charge in [-0.25, -0.2) is 9.18 Å². The van der Waals surface area contributed by atoms with Crippen molar-refractivity contribution in [2.45, 2.75) is 0 Å². The summed E-state index contributed by atoms with van der Waals surface area (Å²) in [7, 11) is 0. The van der Waals surface area contributed by atoms with Gasteiger partial charge in [0.1, 0.15) is 16.4 Å². The third-order valence-electron chi connectivity index (χ3n) is 2.25. The predicted octanol–water partition coefficient (Wildman–Crippen LogP) is 3.49. The Kier molecular flexibility index (Phi) is 3.04. The van der Waals surface area contributed by atoms with Crippen molar-refractivity contribution in [1.29, 1.82) is 0 Å². The van der Waals surface area contributed by atoms with Crippen molar-refractivity contribution >= 4 is 33.9 Å². The Labute approximate surface area is 105 Å². The van der Waals surface area contributed by atoms with Crippen molar-refractivity contribution in [3.8, 4) is 11.1 Å². The molecule has 6 heteroatoms. The molecule has 0 aliphatic carbocycles. The Morgan fingerprint density at radius 2 is 2.12 bits per heavy atom. The maximum absolute atomic E-state index is 13.6. The molecule has 1 heterocycles. The first-order chi connectivity index (χ1) is 8.00. The molecular formula is C11H7ClFNO2S. The Bertz CT molecular complexity index is 597. The van der Waals surface area contributed by atoms with E-state index in [2.05, 4.69) is 0 Å². The number of rotatable bonds is 2. The number of anilines is 1. The molecular weight excluding hydrogens is 265 g/mol. The highest BCUT2D eigenvalue weighted by molar-refractivity contribution is 7.14. The molecule has 0 unspecified atom stereocenters. The van der Waals surface area contributed by atoms with E-state index in [-0.39, 0.29) is 21.7 Å². The third-order valence-corrected chi connectivity index (χ3v) is 3.30. The summed E-state index contributed by atoms with van der Waals surface area (Å²) in [6.45, 7) is 0. The number of halogens is 2. The summed E-state index contributed by atoms with van der Waals surface area (Å²) in [4.78, 5) is 11.0. The highest BCUT2D eigenvalue weighted by Crippen LogP contribution is 2.35. The smallest absolute Gasteiger partial charge is 0.339 e. The highest BCUT2D eigenvalue weighted by Gasteiger charge is 2.20. The van der Waals surface area contributed by atoms with E-state index in [1.807, 2.05) is 0 Å². The lowest BCUT2D eigenvalue weighted by Crippen LogP contribution is -2.01. The lowest BCUT2D eigenvalue weighted by atomic mass is 10.0. The van der Waals surface area contributed by atoms with E-state index < -0.39 is 11.8 Å². The van der Waals surface area contributed by atoms with Crippen LogP contribution in [0.15, 0.2) is 23.6 Å². The van der Waals surface area contributed by atoms with Crippen molar-refractivity contribution < 1.29 is 14.3 Å². The van der Waals surface area contributed by atoms with Crippen LogP contribution in [-0.2, 0) is 0 Å². The molecule has 0 bridgehead atoms. The summed E-state index contributed by atoms with van der Waals surface area (Å²) in [6.07, 6.45) is 0. The second-order valence-corrected chi connectivity index (χ2v) is 4.67. The molecule has 3 nitrogen and oxygen atoms in total. The lowest BCUT2D eigenvalue weighted by Gasteiger charge is -2.04. The number of thiophene rings is 1. The minimum atomic E-state index is -1.18. The molecule has 88 valence electrons. The van der Waals surface area contributed by atoms with Gasteiger partial charge in [0, 0.05) is 21.5 Å². The standard InChI is InChI=1S/C11H7ClFNO2S/c12-5-1-2-8(13)6(3-5)7-4-17-10(14)9(7)11(15)16/h1-4H,14H2,(H,15,16). The first-order valence-corrected chi connectivity index (χ1v) is 5.82. The van der Waals surface area contributed by atoms with Crippen LogP contribution >= 0.6 is 22.9 Å². The SMILES string of the molecule is Nc1scc(-c2cc(Cl)ccc2F)c1C(=O)O. The molecule has 0 atom stereocenters. The molecule has 17 heavy (non-hydrogen) atoms. The van der Waals surface area contributed by atoms with Crippen molar-refractivity contribution in [3.63, 3.8) is 0 Å². The number of carbonyl (C=O) groups is 1. The Balaban J connectivity index is 2.68. The zero-order chi connectivity index (χ0) is 12.6. The molecule has 0 spiro atoms. The molecule has 0 saturated heterocycles. The number of benzene rings is 1. The third kappa shape index (κ3) is 2.11. The molecule has 0 fully saturated rings. The average Bonchev–Trinajstić information content (AvgIpc) is 2.64. The van der Waals surface area contributed by atoms with E-state index in [0.717, 1.165) is 11.3 Å². The van der Waals surface area contributed by atoms with Crippen molar-refractivity contribution in [3.05, 3.63) is 40.0 Å². The van der Waals surface area contributed by atoms with Gasteiger partial charge in [0.15, 0.2) is 0 Å². The Morgan fingerprint density at radius 3 is 2.76 bits per heavy atom. The summed E-state index contributed by atoms with van der Waals surface area (Å²) in [5, 5.41) is 11.0. The maximum Gasteiger partial charge on any atom is 0.339 e. The van der Waals surface area contributed by atoms with Crippen LogP contribution in [0.4, 0.5) is 9.39 Å². The highest BCUT2D eigenvalue weighted by atomic mass is 35.5. The Morgan fingerprint density at radius 1 is 1.41 bits per heavy atom. The summed E-state index contributed by atoms with van der Waals surface area (Å²) in [6, 6.07) is 3.97. The van der Waals surface area contributed by atoms with E-state index in [9.17, 15) is 9.18 Å². The van der Waals surface area contributed by atoms with E-state index in [1.165, 1.54) is 23.6 Å². The van der Waals surface area contributed by atoms with E-state index in [1.54, 1.807) is 0 Å². The minimum Gasteiger partial charge on any atom is -0.478 e. The van der Waals surface area contributed by atoms with Crippen LogP contribution in [0.5, 0.6) is 0 Å². The van der Waals surface area contributed by atoms with Gasteiger partial charge in [-0.1, -0.05) is 11.6 Å². The summed E-state index contributed by atoms with van der Waals surface area (Å²) >= 11 is 6.82. The number of nitrogens with two attached hydrogens (primary N) is 1. The first kappa shape index (κ1) is 11.9. The largest absolute Gasteiger partial charge is 0.478 e. The zero-order valence-corrected chi connectivity index (χ0v) is 9.98. The topological polar surface area (TPSA) is 63.3 Å². The van der Waals surface area contributed by atoms with E-state index in [4.69, 9.17) is 22.4 Å². The molecule has 2 aromatic rings. The number of nitrogen functional groups attached to an aromatic ring is 1.